The molecule has 94 valence electrons. The minimum atomic E-state index is 0.423. The molecule has 0 atom stereocenters. The number of hydrogen-bond donors (Lipinski definition) is 2. The molecular formula is C15H19N3. The lowest BCUT2D eigenvalue weighted by Gasteiger charge is -1.98. The molecule has 0 amide bonds. The van der Waals surface area contributed by atoms with Crippen LogP contribution in [0.4, 0.5) is 0 Å². The average molecular weight is 241 g/mol. The summed E-state index contributed by atoms with van der Waals surface area (Å²) in [5, 5.41) is 1.24. The van der Waals surface area contributed by atoms with Crippen LogP contribution in [0.3, 0.4) is 0 Å². The summed E-state index contributed by atoms with van der Waals surface area (Å²) in [6, 6.07) is 6.50. The van der Waals surface area contributed by atoms with Gasteiger partial charge in [0.15, 0.2) is 0 Å². The first-order valence-corrected chi connectivity index (χ1v) is 6.57. The molecule has 2 aromatic heterocycles. The smallest absolute Gasteiger partial charge is 0.113 e. The molecule has 0 saturated carbocycles. The third-order valence-corrected chi connectivity index (χ3v) is 3.45. The Hall–Kier alpha value is -1.77. The van der Waals surface area contributed by atoms with Crippen LogP contribution in [-0.4, -0.2) is 15.0 Å². The van der Waals surface area contributed by atoms with E-state index < -0.39 is 0 Å². The van der Waals surface area contributed by atoms with Crippen LogP contribution in [0.1, 0.15) is 51.0 Å². The standard InChI is InChI=1S/C15H19N3/c1-8(2)12-7-10-5-6-11-14(13(10)16-12)18-15(17-11)9(3)4/h5-9,16H,1-4H3,(H,17,18). The minimum absolute atomic E-state index is 0.423. The molecule has 0 radical (unpaired) electrons. The number of fused-ring (bicyclic) bond motifs is 3. The van der Waals surface area contributed by atoms with Crippen LogP contribution in [0.25, 0.3) is 21.9 Å². The van der Waals surface area contributed by atoms with Crippen molar-refractivity contribution in [2.45, 2.75) is 39.5 Å². The van der Waals surface area contributed by atoms with E-state index in [1.54, 1.807) is 0 Å². The number of imidazole rings is 1. The topological polar surface area (TPSA) is 44.5 Å². The van der Waals surface area contributed by atoms with E-state index in [1.807, 2.05) is 0 Å². The predicted octanol–water partition coefficient (Wildman–Crippen LogP) is 4.29. The third-order valence-electron chi connectivity index (χ3n) is 3.45. The number of benzene rings is 1. The highest BCUT2D eigenvalue weighted by Crippen LogP contribution is 2.27. The lowest BCUT2D eigenvalue weighted by atomic mass is 10.1. The van der Waals surface area contributed by atoms with Gasteiger partial charge >= 0.3 is 0 Å². The Labute approximate surface area is 107 Å². The first kappa shape index (κ1) is 11.3. The molecular weight excluding hydrogens is 222 g/mol. The third kappa shape index (κ3) is 1.62. The summed E-state index contributed by atoms with van der Waals surface area (Å²) in [6.45, 7) is 8.71. The van der Waals surface area contributed by atoms with Gasteiger partial charge in [0.2, 0.25) is 0 Å². The van der Waals surface area contributed by atoms with Crippen molar-refractivity contribution in [1.82, 2.24) is 15.0 Å². The second-order valence-electron chi connectivity index (χ2n) is 5.58. The van der Waals surface area contributed by atoms with E-state index in [1.165, 1.54) is 11.1 Å². The van der Waals surface area contributed by atoms with Gasteiger partial charge in [0.1, 0.15) is 11.3 Å². The molecule has 1 aromatic carbocycles. The van der Waals surface area contributed by atoms with E-state index in [2.05, 4.69) is 55.9 Å². The van der Waals surface area contributed by atoms with Gasteiger partial charge in [-0.2, -0.15) is 0 Å². The summed E-state index contributed by atoms with van der Waals surface area (Å²) in [5.74, 6) is 1.99. The average Bonchev–Trinajstić information content (AvgIpc) is 2.91. The molecule has 0 spiro atoms. The van der Waals surface area contributed by atoms with Crippen molar-refractivity contribution in [1.29, 1.82) is 0 Å². The zero-order chi connectivity index (χ0) is 12.9. The van der Waals surface area contributed by atoms with Crippen molar-refractivity contribution in [3.63, 3.8) is 0 Å². The predicted molar refractivity (Wildman–Crippen MR) is 76.1 cm³/mol. The van der Waals surface area contributed by atoms with Crippen LogP contribution >= 0.6 is 0 Å². The highest BCUT2D eigenvalue weighted by atomic mass is 14.9. The van der Waals surface area contributed by atoms with Gasteiger partial charge in [0, 0.05) is 17.0 Å². The quantitative estimate of drug-likeness (QED) is 0.690. The Morgan fingerprint density at radius 2 is 1.78 bits per heavy atom. The van der Waals surface area contributed by atoms with Gasteiger partial charge in [0.05, 0.1) is 11.0 Å². The summed E-state index contributed by atoms with van der Waals surface area (Å²) < 4.78 is 0. The summed E-state index contributed by atoms with van der Waals surface area (Å²) in [7, 11) is 0. The molecule has 0 fully saturated rings. The molecule has 0 aliphatic heterocycles. The van der Waals surface area contributed by atoms with E-state index in [9.17, 15) is 0 Å². The second-order valence-corrected chi connectivity index (χ2v) is 5.58. The summed E-state index contributed by atoms with van der Waals surface area (Å²) >= 11 is 0. The molecule has 0 aliphatic rings. The lowest BCUT2D eigenvalue weighted by Crippen LogP contribution is -1.88. The maximum absolute atomic E-state index is 4.73. The Bertz CT molecular complexity index is 639. The highest BCUT2D eigenvalue weighted by molar-refractivity contribution is 6.02. The molecule has 3 aromatic rings. The van der Waals surface area contributed by atoms with E-state index in [0.29, 0.717) is 11.8 Å². The molecule has 0 aliphatic carbocycles. The molecule has 0 saturated heterocycles. The number of nitrogens with one attached hydrogen (secondary N) is 2. The Kier molecular flexibility index (Phi) is 2.44. The van der Waals surface area contributed by atoms with Gasteiger partial charge in [-0.3, -0.25) is 0 Å². The van der Waals surface area contributed by atoms with Crippen molar-refractivity contribution in [2.75, 3.05) is 0 Å². The number of aromatic nitrogens is 3. The fourth-order valence-corrected chi connectivity index (χ4v) is 2.29. The van der Waals surface area contributed by atoms with Gasteiger partial charge < -0.3 is 9.97 Å². The number of aromatic amines is 2. The highest BCUT2D eigenvalue weighted by Gasteiger charge is 2.12. The van der Waals surface area contributed by atoms with Gasteiger partial charge in [-0.15, -0.1) is 0 Å². The normalized spacial score (nSPS) is 12.3. The molecule has 18 heavy (non-hydrogen) atoms. The van der Waals surface area contributed by atoms with Crippen molar-refractivity contribution >= 4 is 21.9 Å². The summed E-state index contributed by atoms with van der Waals surface area (Å²) in [4.78, 5) is 11.6. The van der Waals surface area contributed by atoms with Crippen LogP contribution in [0.5, 0.6) is 0 Å². The zero-order valence-electron chi connectivity index (χ0n) is 11.3. The second kappa shape index (κ2) is 3.87. The monoisotopic (exact) mass is 241 g/mol. The van der Waals surface area contributed by atoms with Gasteiger partial charge in [-0.05, 0) is 18.1 Å². The Morgan fingerprint density at radius 3 is 2.44 bits per heavy atom. The van der Waals surface area contributed by atoms with Crippen LogP contribution < -0.4 is 0 Å². The molecule has 0 unspecified atom stereocenters. The van der Waals surface area contributed by atoms with Gasteiger partial charge in [-0.25, -0.2) is 4.98 Å². The first-order chi connectivity index (χ1) is 8.56. The first-order valence-electron chi connectivity index (χ1n) is 6.57. The van der Waals surface area contributed by atoms with E-state index >= 15 is 0 Å². The number of nitrogens with zero attached hydrogens (tertiary/aromatic N) is 1. The molecule has 0 bridgehead atoms. The zero-order valence-corrected chi connectivity index (χ0v) is 11.3. The summed E-state index contributed by atoms with van der Waals surface area (Å²) in [6.07, 6.45) is 0. The summed E-state index contributed by atoms with van der Waals surface area (Å²) in [5.41, 5.74) is 4.59. The van der Waals surface area contributed by atoms with Crippen LogP contribution in [0, 0.1) is 0 Å². The van der Waals surface area contributed by atoms with E-state index in [4.69, 9.17) is 4.98 Å². The lowest BCUT2D eigenvalue weighted by molar-refractivity contribution is 0.799. The fourth-order valence-electron chi connectivity index (χ4n) is 2.29. The SMILES string of the molecule is CC(C)c1cc2ccc3[nH]c(C(C)C)nc3c2[nH]1. The number of hydrogen-bond acceptors (Lipinski definition) is 1. The maximum Gasteiger partial charge on any atom is 0.113 e. The van der Waals surface area contributed by atoms with Crippen molar-refractivity contribution in [3.05, 3.63) is 29.7 Å². The van der Waals surface area contributed by atoms with Gasteiger partial charge in [0.25, 0.3) is 0 Å². The van der Waals surface area contributed by atoms with Crippen molar-refractivity contribution in [2.24, 2.45) is 0 Å². The number of H-pyrrole nitrogens is 2. The molecule has 3 nitrogen and oxygen atoms in total. The van der Waals surface area contributed by atoms with E-state index in [-0.39, 0.29) is 0 Å². The van der Waals surface area contributed by atoms with Crippen LogP contribution in [-0.2, 0) is 0 Å². The van der Waals surface area contributed by atoms with Crippen LogP contribution in [0.2, 0.25) is 0 Å². The van der Waals surface area contributed by atoms with Crippen molar-refractivity contribution in [3.8, 4) is 0 Å². The maximum atomic E-state index is 4.73. The molecule has 2 heterocycles. The molecule has 2 N–H and O–H groups in total. The van der Waals surface area contributed by atoms with Crippen molar-refractivity contribution < 1.29 is 0 Å². The fraction of sp³-hybridized carbons (Fsp3) is 0.400. The number of rotatable bonds is 2. The van der Waals surface area contributed by atoms with Crippen LogP contribution in [0.15, 0.2) is 18.2 Å². The minimum Gasteiger partial charge on any atom is -0.356 e. The largest absolute Gasteiger partial charge is 0.356 e. The molecule has 3 heteroatoms. The molecule has 3 rings (SSSR count). The van der Waals surface area contributed by atoms with E-state index in [0.717, 1.165) is 22.4 Å². The van der Waals surface area contributed by atoms with Gasteiger partial charge in [-0.1, -0.05) is 33.8 Å². The Morgan fingerprint density at radius 1 is 1.00 bits per heavy atom. The Balaban J connectivity index is 2.30.